The van der Waals surface area contributed by atoms with Gasteiger partial charge in [-0.1, -0.05) is 6.07 Å². The molecule has 1 aliphatic carbocycles. The molecule has 4 N–H and O–H groups in total. The minimum absolute atomic E-state index is 0.0359. The van der Waals surface area contributed by atoms with Crippen molar-refractivity contribution in [2.75, 3.05) is 11.4 Å². The molecule has 4 rings (SSSR count). The summed E-state index contributed by atoms with van der Waals surface area (Å²) in [6.45, 7) is 5.87. The molecule has 11 nitrogen and oxygen atoms in total. The van der Waals surface area contributed by atoms with Crippen LogP contribution in [0, 0.1) is 17.7 Å². The van der Waals surface area contributed by atoms with E-state index >= 15 is 0 Å². The second-order valence-electron chi connectivity index (χ2n) is 11.5. The Morgan fingerprint density at radius 3 is 2.40 bits per heavy atom. The normalized spacial score (nSPS) is 17.7. The molecule has 0 radical (unpaired) electrons. The van der Waals surface area contributed by atoms with Crippen LogP contribution in [0.1, 0.15) is 52.0 Å². The average Bonchev–Trinajstić information content (AvgIpc) is 3.48. The van der Waals surface area contributed by atoms with Crippen molar-refractivity contribution in [2.24, 2.45) is 17.6 Å². The molecule has 0 bridgehead atoms. The van der Waals surface area contributed by atoms with Crippen molar-refractivity contribution < 1.29 is 23.5 Å². The van der Waals surface area contributed by atoms with Crippen molar-refractivity contribution in [1.29, 1.82) is 0 Å². The molecule has 1 atom stereocenters. The number of nitrogens with zero attached hydrogens (tertiary/aromatic N) is 4. The van der Waals surface area contributed by atoms with E-state index < -0.39 is 29.5 Å². The molecule has 42 heavy (non-hydrogen) atoms. The van der Waals surface area contributed by atoms with Crippen molar-refractivity contribution in [3.8, 4) is 11.4 Å². The summed E-state index contributed by atoms with van der Waals surface area (Å²) in [5, 5.41) is 16.6. The molecule has 0 unspecified atom stereocenters. The number of nitrogens with two attached hydrogens (primary N) is 1. The first-order chi connectivity index (χ1) is 19.9. The number of rotatable bonds is 9. The van der Waals surface area contributed by atoms with Gasteiger partial charge in [0.05, 0.1) is 4.47 Å². The Morgan fingerprint density at radius 2 is 1.83 bits per heavy atom. The van der Waals surface area contributed by atoms with Crippen LogP contribution < -0.4 is 16.0 Å². The van der Waals surface area contributed by atoms with Crippen LogP contribution in [0.5, 0.6) is 0 Å². The summed E-state index contributed by atoms with van der Waals surface area (Å²) in [7, 11) is 0. The summed E-state index contributed by atoms with van der Waals surface area (Å²) in [6, 6.07) is 10.4. The van der Waals surface area contributed by atoms with E-state index in [1.807, 2.05) is 0 Å². The maximum atomic E-state index is 14.3. The number of primary amides is 1. The van der Waals surface area contributed by atoms with Gasteiger partial charge in [0.15, 0.2) is 5.82 Å². The molecule has 1 aliphatic rings. The Morgan fingerprint density at radius 1 is 1.14 bits per heavy atom. The van der Waals surface area contributed by atoms with Gasteiger partial charge in [0.25, 0.3) is 0 Å². The number of benzene rings is 2. The van der Waals surface area contributed by atoms with Crippen LogP contribution in [0.4, 0.5) is 14.9 Å². The smallest absolute Gasteiger partial charge is 0.407 e. The van der Waals surface area contributed by atoms with Crippen LogP contribution in [0.25, 0.3) is 11.4 Å². The lowest BCUT2D eigenvalue weighted by Crippen LogP contribution is -2.52. The number of anilines is 1. The highest BCUT2D eigenvalue weighted by Crippen LogP contribution is 2.33. The molecular formula is C29H35BrFN7O4. The van der Waals surface area contributed by atoms with Crippen molar-refractivity contribution >= 4 is 39.5 Å². The maximum Gasteiger partial charge on any atom is 0.407 e. The van der Waals surface area contributed by atoms with Gasteiger partial charge in [-0.25, -0.2) is 14.3 Å². The van der Waals surface area contributed by atoms with Crippen LogP contribution in [-0.4, -0.2) is 56.7 Å². The number of hydrogen-bond acceptors (Lipinski definition) is 7. The lowest BCUT2D eigenvalue weighted by atomic mass is 9.81. The third-order valence-electron chi connectivity index (χ3n) is 7.18. The highest BCUT2D eigenvalue weighted by Gasteiger charge is 2.36. The molecule has 3 aromatic rings. The molecule has 2 aromatic carbocycles. The first-order valence-electron chi connectivity index (χ1n) is 13.8. The fourth-order valence-electron chi connectivity index (χ4n) is 5.08. The van der Waals surface area contributed by atoms with Gasteiger partial charge in [-0.2, -0.15) is 0 Å². The molecule has 3 amide bonds. The summed E-state index contributed by atoms with van der Waals surface area (Å²) >= 11 is 3.15. The minimum atomic E-state index is -1.05. The number of aromatic amines is 1. The van der Waals surface area contributed by atoms with Crippen LogP contribution in [0.2, 0.25) is 0 Å². The maximum absolute atomic E-state index is 14.3. The second kappa shape index (κ2) is 13.4. The number of H-pyrrole nitrogens is 1. The largest absolute Gasteiger partial charge is 0.444 e. The summed E-state index contributed by atoms with van der Waals surface area (Å²) in [5.41, 5.74) is 7.00. The summed E-state index contributed by atoms with van der Waals surface area (Å²) in [5.74, 6) is -1.12. The molecule has 13 heteroatoms. The van der Waals surface area contributed by atoms with Gasteiger partial charge < -0.3 is 15.8 Å². The summed E-state index contributed by atoms with van der Waals surface area (Å²) in [4.78, 5) is 40.5. The molecule has 1 fully saturated rings. The van der Waals surface area contributed by atoms with E-state index in [0.717, 1.165) is 12.8 Å². The monoisotopic (exact) mass is 643 g/mol. The zero-order valence-corrected chi connectivity index (χ0v) is 25.4. The van der Waals surface area contributed by atoms with E-state index in [0.29, 0.717) is 46.5 Å². The zero-order valence-electron chi connectivity index (χ0n) is 23.8. The van der Waals surface area contributed by atoms with Gasteiger partial charge in [0.1, 0.15) is 17.5 Å². The Hall–Kier alpha value is -3.87. The van der Waals surface area contributed by atoms with Gasteiger partial charge >= 0.3 is 6.09 Å². The van der Waals surface area contributed by atoms with E-state index in [9.17, 15) is 18.8 Å². The predicted molar refractivity (Wildman–Crippen MR) is 158 cm³/mol. The number of tetrazole rings is 1. The minimum Gasteiger partial charge on any atom is -0.444 e. The first-order valence-corrected chi connectivity index (χ1v) is 14.6. The van der Waals surface area contributed by atoms with Crippen LogP contribution in [0.15, 0.2) is 46.9 Å². The number of halogens is 2. The standard InChI is InChI=1S/C29H35BrFN7O4/c1-29(2,3)42-28(41)33-16-17-4-7-20(8-5-17)27(40)38(21-11-9-19(10-12-21)26-34-36-37-35-26)24(25(32)39)15-18-6-13-22(30)23(31)14-18/h6,9-14,17,20,24H,4-5,7-8,15-16H2,1-3H3,(H2,32,39)(H,33,41)(H,34,35,36,37)/t17-,20-,24-/m0/s1. The Balaban J connectivity index is 1.53. The van der Waals surface area contributed by atoms with E-state index in [4.69, 9.17) is 10.5 Å². The Labute approximate surface area is 251 Å². The number of carbonyl (C=O) groups excluding carboxylic acids is 3. The van der Waals surface area contributed by atoms with Gasteiger partial charge in [-0.15, -0.1) is 5.10 Å². The third-order valence-corrected chi connectivity index (χ3v) is 7.83. The van der Waals surface area contributed by atoms with Crippen LogP contribution in [-0.2, 0) is 20.7 Å². The number of nitrogens with one attached hydrogen (secondary N) is 2. The lowest BCUT2D eigenvalue weighted by molar-refractivity contribution is -0.127. The zero-order chi connectivity index (χ0) is 30.4. The number of alkyl carbamates (subject to hydrolysis) is 1. The molecule has 1 heterocycles. The van der Waals surface area contributed by atoms with Crippen LogP contribution in [0.3, 0.4) is 0 Å². The van der Waals surface area contributed by atoms with Crippen molar-refractivity contribution in [3.63, 3.8) is 0 Å². The average molecular weight is 645 g/mol. The highest BCUT2D eigenvalue weighted by atomic mass is 79.9. The lowest BCUT2D eigenvalue weighted by Gasteiger charge is -2.36. The van der Waals surface area contributed by atoms with Crippen molar-refractivity contribution in [1.82, 2.24) is 25.9 Å². The topological polar surface area (TPSA) is 156 Å². The number of ether oxygens (including phenoxy) is 1. The van der Waals surface area contributed by atoms with Gasteiger partial charge in [-0.3, -0.25) is 14.5 Å². The number of carbonyl (C=O) groups is 3. The molecule has 224 valence electrons. The van der Waals surface area contributed by atoms with Gasteiger partial charge in [-0.05, 0) is 121 Å². The van der Waals surface area contributed by atoms with Crippen molar-refractivity contribution in [3.05, 3.63) is 58.3 Å². The SMILES string of the molecule is CC(C)(C)OC(=O)NC[C@H]1CC[C@H](C(=O)N(c2ccc(-c3nnn[nH]3)cc2)[C@@H](Cc2ccc(Br)c(F)c2)C(N)=O)CC1. The fraction of sp³-hybridized carbons (Fsp3) is 0.448. The van der Waals surface area contributed by atoms with Crippen LogP contribution >= 0.6 is 15.9 Å². The predicted octanol–water partition coefficient (Wildman–Crippen LogP) is 4.53. The third kappa shape index (κ3) is 8.11. The van der Waals surface area contributed by atoms with Gasteiger partial charge in [0.2, 0.25) is 11.8 Å². The molecular weight excluding hydrogens is 609 g/mol. The second-order valence-corrected chi connectivity index (χ2v) is 12.3. The Kier molecular flexibility index (Phi) is 9.92. The number of hydrogen-bond donors (Lipinski definition) is 3. The summed E-state index contributed by atoms with van der Waals surface area (Å²) in [6.07, 6.45) is 2.17. The van der Waals surface area contributed by atoms with E-state index in [2.05, 4.69) is 41.9 Å². The number of amides is 3. The van der Waals surface area contributed by atoms with E-state index in [1.54, 1.807) is 57.2 Å². The molecule has 1 saturated carbocycles. The Bertz CT molecular complexity index is 1390. The molecule has 1 aromatic heterocycles. The fourth-order valence-corrected chi connectivity index (χ4v) is 5.33. The summed E-state index contributed by atoms with van der Waals surface area (Å²) < 4.78 is 19.9. The van der Waals surface area contributed by atoms with E-state index in [1.165, 1.54) is 11.0 Å². The quantitative estimate of drug-likeness (QED) is 0.309. The van der Waals surface area contributed by atoms with Gasteiger partial charge in [0, 0.05) is 30.1 Å². The van der Waals surface area contributed by atoms with E-state index in [-0.39, 0.29) is 24.2 Å². The molecule has 0 spiro atoms. The molecule has 0 saturated heterocycles. The molecule has 0 aliphatic heterocycles. The van der Waals surface area contributed by atoms with Crippen molar-refractivity contribution in [2.45, 2.75) is 64.5 Å². The first kappa shape index (κ1) is 31.1. The highest BCUT2D eigenvalue weighted by molar-refractivity contribution is 9.10. The number of aromatic nitrogens is 4.